The number of halogens is 1. The first-order valence-corrected chi connectivity index (χ1v) is 10.1. The second-order valence-electron chi connectivity index (χ2n) is 6.32. The number of thioether (sulfide) groups is 1. The maximum atomic E-state index is 12.2. The number of amides is 1. The van der Waals surface area contributed by atoms with E-state index in [-0.39, 0.29) is 17.8 Å². The third-order valence-electron chi connectivity index (χ3n) is 4.01. The van der Waals surface area contributed by atoms with Gasteiger partial charge in [-0.2, -0.15) is 0 Å². The fraction of sp³-hybridized carbons (Fsp3) is 0.250. The summed E-state index contributed by atoms with van der Waals surface area (Å²) in [5.74, 6) is 1.54. The monoisotopic (exact) mass is 416 g/mol. The number of hydrogen-bond acceptors (Lipinski definition) is 5. The summed E-state index contributed by atoms with van der Waals surface area (Å²) in [6.07, 6.45) is -0.269. The van der Waals surface area contributed by atoms with Gasteiger partial charge in [-0.05, 0) is 44.2 Å². The van der Waals surface area contributed by atoms with Crippen molar-refractivity contribution in [2.45, 2.75) is 25.1 Å². The predicted molar refractivity (Wildman–Crippen MR) is 112 cm³/mol. The smallest absolute Gasteiger partial charge is 0.234 e. The lowest BCUT2D eigenvalue weighted by atomic mass is 10.2. The van der Waals surface area contributed by atoms with Crippen LogP contribution in [-0.4, -0.2) is 26.4 Å². The molecule has 6 nitrogen and oxygen atoms in total. The van der Waals surface area contributed by atoms with Crippen molar-refractivity contribution in [3.63, 3.8) is 0 Å². The molecule has 1 atom stereocenters. The van der Waals surface area contributed by atoms with E-state index in [1.54, 1.807) is 24.3 Å². The van der Waals surface area contributed by atoms with Crippen molar-refractivity contribution >= 4 is 35.0 Å². The van der Waals surface area contributed by atoms with Crippen LogP contribution in [0.3, 0.4) is 0 Å². The zero-order valence-corrected chi connectivity index (χ0v) is 17.4. The molecule has 8 heteroatoms. The van der Waals surface area contributed by atoms with Gasteiger partial charge >= 0.3 is 0 Å². The standard InChI is InChI=1S/C20H21ClN4O2S/c1-13-7-9-17(10-8-13)27-14(2)19-23-24-20(25(19)3)28-12-18(26)22-16-6-4-5-15(21)11-16/h4-11,14H,12H2,1-3H3,(H,22,26). The van der Waals surface area contributed by atoms with Gasteiger partial charge in [-0.1, -0.05) is 47.1 Å². The number of carbonyl (C=O) groups excluding carboxylic acids is 1. The molecule has 0 fully saturated rings. The van der Waals surface area contributed by atoms with Crippen molar-refractivity contribution in [1.29, 1.82) is 0 Å². The molecule has 1 amide bonds. The first-order chi connectivity index (χ1) is 13.4. The number of ether oxygens (including phenoxy) is 1. The van der Waals surface area contributed by atoms with Gasteiger partial charge in [0, 0.05) is 17.8 Å². The molecule has 0 saturated heterocycles. The largest absolute Gasteiger partial charge is 0.483 e. The molecular weight excluding hydrogens is 396 g/mol. The molecule has 0 saturated carbocycles. The predicted octanol–water partition coefficient (Wildman–Crippen LogP) is 4.65. The molecule has 28 heavy (non-hydrogen) atoms. The summed E-state index contributed by atoms with van der Waals surface area (Å²) in [6, 6.07) is 14.9. The van der Waals surface area contributed by atoms with Crippen LogP contribution in [0.15, 0.2) is 53.7 Å². The molecule has 1 N–H and O–H groups in total. The molecule has 0 radical (unpaired) electrons. The van der Waals surface area contributed by atoms with Crippen molar-refractivity contribution < 1.29 is 9.53 Å². The van der Waals surface area contributed by atoms with Gasteiger partial charge in [-0.15, -0.1) is 10.2 Å². The van der Waals surface area contributed by atoms with Crippen LogP contribution in [0.25, 0.3) is 0 Å². The van der Waals surface area contributed by atoms with Crippen LogP contribution >= 0.6 is 23.4 Å². The molecule has 1 heterocycles. The highest BCUT2D eigenvalue weighted by atomic mass is 35.5. The number of nitrogens with one attached hydrogen (secondary N) is 1. The molecule has 1 aromatic heterocycles. The van der Waals surface area contributed by atoms with Crippen LogP contribution in [0.5, 0.6) is 5.75 Å². The zero-order valence-electron chi connectivity index (χ0n) is 15.8. The van der Waals surface area contributed by atoms with Crippen LogP contribution in [0.4, 0.5) is 5.69 Å². The average Bonchev–Trinajstić information content (AvgIpc) is 3.02. The third-order valence-corrected chi connectivity index (χ3v) is 5.26. The number of anilines is 1. The van der Waals surface area contributed by atoms with Crippen molar-refractivity contribution in [3.05, 3.63) is 64.9 Å². The minimum absolute atomic E-state index is 0.138. The Kier molecular flexibility index (Phi) is 6.59. The summed E-state index contributed by atoms with van der Waals surface area (Å²) in [5, 5.41) is 12.4. The summed E-state index contributed by atoms with van der Waals surface area (Å²) >= 11 is 7.24. The molecule has 0 aliphatic heterocycles. The molecule has 3 rings (SSSR count). The quantitative estimate of drug-likeness (QED) is 0.568. The summed E-state index contributed by atoms with van der Waals surface area (Å²) < 4.78 is 7.78. The van der Waals surface area contributed by atoms with Crippen molar-refractivity contribution in [3.8, 4) is 5.75 Å². The van der Waals surface area contributed by atoms with Crippen LogP contribution < -0.4 is 10.1 Å². The lowest BCUT2D eigenvalue weighted by molar-refractivity contribution is -0.113. The molecular formula is C20H21ClN4O2S. The van der Waals surface area contributed by atoms with Crippen LogP contribution in [0.1, 0.15) is 24.4 Å². The Morgan fingerprint density at radius 1 is 1.25 bits per heavy atom. The number of aromatic nitrogens is 3. The Hall–Kier alpha value is -2.51. The fourth-order valence-electron chi connectivity index (χ4n) is 2.57. The lowest BCUT2D eigenvalue weighted by Gasteiger charge is -2.14. The van der Waals surface area contributed by atoms with Crippen molar-refractivity contribution in [2.24, 2.45) is 7.05 Å². The summed E-state index contributed by atoms with van der Waals surface area (Å²) in [5.41, 5.74) is 1.84. The average molecular weight is 417 g/mol. The van der Waals surface area contributed by atoms with E-state index >= 15 is 0 Å². The minimum Gasteiger partial charge on any atom is -0.483 e. The zero-order chi connectivity index (χ0) is 20.1. The normalized spacial score (nSPS) is 11.9. The Bertz CT molecular complexity index is 959. The van der Waals surface area contributed by atoms with E-state index in [2.05, 4.69) is 15.5 Å². The minimum atomic E-state index is -0.269. The number of carbonyl (C=O) groups is 1. The molecule has 2 aromatic carbocycles. The molecule has 1 unspecified atom stereocenters. The van der Waals surface area contributed by atoms with Crippen molar-refractivity contribution in [1.82, 2.24) is 14.8 Å². The molecule has 0 aliphatic rings. The number of hydrogen-bond donors (Lipinski definition) is 1. The maximum absolute atomic E-state index is 12.2. The van der Waals surface area contributed by atoms with Gasteiger partial charge < -0.3 is 14.6 Å². The topological polar surface area (TPSA) is 69.0 Å². The van der Waals surface area contributed by atoms with E-state index in [4.69, 9.17) is 16.3 Å². The molecule has 0 spiro atoms. The third kappa shape index (κ3) is 5.27. The maximum Gasteiger partial charge on any atom is 0.234 e. The van der Waals surface area contributed by atoms with Gasteiger partial charge in [0.25, 0.3) is 0 Å². The van der Waals surface area contributed by atoms with Crippen LogP contribution in [0.2, 0.25) is 5.02 Å². The molecule has 0 bridgehead atoms. The summed E-state index contributed by atoms with van der Waals surface area (Å²) in [6.45, 7) is 3.95. The second kappa shape index (κ2) is 9.12. The molecule has 3 aromatic rings. The van der Waals surface area contributed by atoms with Gasteiger partial charge in [0.2, 0.25) is 5.91 Å². The number of aryl methyl sites for hydroxylation is 1. The van der Waals surface area contributed by atoms with E-state index in [0.29, 0.717) is 21.7 Å². The second-order valence-corrected chi connectivity index (χ2v) is 7.70. The van der Waals surface area contributed by atoms with E-state index in [9.17, 15) is 4.79 Å². The highest BCUT2D eigenvalue weighted by Crippen LogP contribution is 2.24. The number of nitrogens with zero attached hydrogens (tertiary/aromatic N) is 3. The number of benzene rings is 2. The Morgan fingerprint density at radius 2 is 2.00 bits per heavy atom. The van der Waals surface area contributed by atoms with E-state index in [0.717, 1.165) is 5.75 Å². The fourth-order valence-corrected chi connectivity index (χ4v) is 3.48. The van der Waals surface area contributed by atoms with E-state index < -0.39 is 0 Å². The van der Waals surface area contributed by atoms with E-state index in [1.807, 2.05) is 49.7 Å². The van der Waals surface area contributed by atoms with Gasteiger partial charge in [-0.3, -0.25) is 4.79 Å². The molecule has 0 aliphatic carbocycles. The highest BCUT2D eigenvalue weighted by molar-refractivity contribution is 7.99. The lowest BCUT2D eigenvalue weighted by Crippen LogP contribution is -2.14. The van der Waals surface area contributed by atoms with Crippen molar-refractivity contribution in [2.75, 3.05) is 11.1 Å². The first-order valence-electron chi connectivity index (χ1n) is 8.73. The Balaban J connectivity index is 1.57. The number of rotatable bonds is 7. The Morgan fingerprint density at radius 3 is 2.71 bits per heavy atom. The first kappa shape index (κ1) is 20.2. The van der Waals surface area contributed by atoms with Crippen LogP contribution in [0, 0.1) is 6.92 Å². The van der Waals surface area contributed by atoms with Gasteiger partial charge in [-0.25, -0.2) is 0 Å². The molecule has 146 valence electrons. The Labute approximate surface area is 173 Å². The summed E-state index contributed by atoms with van der Waals surface area (Å²) in [4.78, 5) is 12.2. The van der Waals surface area contributed by atoms with Crippen LogP contribution in [-0.2, 0) is 11.8 Å². The SMILES string of the molecule is Cc1ccc(OC(C)c2nnc(SCC(=O)Nc3cccc(Cl)c3)n2C)cc1. The van der Waals surface area contributed by atoms with Gasteiger partial charge in [0.05, 0.1) is 5.75 Å². The highest BCUT2D eigenvalue weighted by Gasteiger charge is 2.18. The summed E-state index contributed by atoms with van der Waals surface area (Å²) in [7, 11) is 1.86. The van der Waals surface area contributed by atoms with E-state index in [1.165, 1.54) is 17.3 Å². The van der Waals surface area contributed by atoms with Gasteiger partial charge in [0.1, 0.15) is 5.75 Å². The van der Waals surface area contributed by atoms with Gasteiger partial charge in [0.15, 0.2) is 17.1 Å².